The Kier molecular flexibility index (Phi) is 4.45. The van der Waals surface area contributed by atoms with E-state index in [1.54, 1.807) is 0 Å². The molecule has 0 saturated carbocycles. The summed E-state index contributed by atoms with van der Waals surface area (Å²) in [7, 11) is 0.998. The SMILES string of the molecule is CO[C@@](O)([C@H](O)C=O)[C@H](O)[C@@H](C)O. The van der Waals surface area contributed by atoms with Gasteiger partial charge in [0.25, 0.3) is 0 Å². The molecule has 78 valence electrons. The third kappa shape index (κ3) is 2.45. The van der Waals surface area contributed by atoms with Crippen molar-refractivity contribution in [1.29, 1.82) is 0 Å². The van der Waals surface area contributed by atoms with Crippen molar-refractivity contribution in [2.45, 2.75) is 31.0 Å². The standard InChI is InChI=1S/C7H14O6/c1-4(9)6(11)7(12,13-2)5(10)3-8/h3-6,9-12H,1-2H3/t4-,5-,6-,7+/m1/s1. The number of aliphatic hydroxyl groups is 4. The summed E-state index contributed by atoms with van der Waals surface area (Å²) in [5, 5.41) is 36.5. The van der Waals surface area contributed by atoms with Crippen molar-refractivity contribution in [2.24, 2.45) is 0 Å². The molecule has 0 radical (unpaired) electrons. The van der Waals surface area contributed by atoms with Gasteiger partial charge in [-0.3, -0.25) is 0 Å². The van der Waals surface area contributed by atoms with Crippen LogP contribution in [0.5, 0.6) is 0 Å². The predicted molar refractivity (Wildman–Crippen MR) is 41.7 cm³/mol. The Morgan fingerprint density at radius 3 is 2.08 bits per heavy atom. The summed E-state index contributed by atoms with van der Waals surface area (Å²) >= 11 is 0. The van der Waals surface area contributed by atoms with E-state index in [1.807, 2.05) is 0 Å². The minimum absolute atomic E-state index is 0.00903. The molecular weight excluding hydrogens is 180 g/mol. The highest BCUT2D eigenvalue weighted by Gasteiger charge is 2.45. The molecule has 0 rings (SSSR count). The van der Waals surface area contributed by atoms with Gasteiger partial charge in [0, 0.05) is 7.11 Å². The Hall–Kier alpha value is -0.530. The zero-order valence-electron chi connectivity index (χ0n) is 7.41. The van der Waals surface area contributed by atoms with E-state index in [9.17, 15) is 15.0 Å². The number of rotatable bonds is 5. The van der Waals surface area contributed by atoms with Crippen molar-refractivity contribution >= 4 is 6.29 Å². The molecule has 6 heteroatoms. The lowest BCUT2D eigenvalue weighted by Gasteiger charge is -2.34. The maximum Gasteiger partial charge on any atom is 0.228 e. The first kappa shape index (κ1) is 12.5. The smallest absolute Gasteiger partial charge is 0.228 e. The van der Waals surface area contributed by atoms with Gasteiger partial charge < -0.3 is 30.0 Å². The third-order valence-corrected chi connectivity index (χ3v) is 1.76. The van der Waals surface area contributed by atoms with Gasteiger partial charge >= 0.3 is 0 Å². The van der Waals surface area contributed by atoms with E-state index >= 15 is 0 Å². The first-order valence-electron chi connectivity index (χ1n) is 3.67. The highest BCUT2D eigenvalue weighted by molar-refractivity contribution is 5.57. The minimum Gasteiger partial charge on any atom is -0.390 e. The molecule has 0 spiro atoms. The molecule has 0 aromatic carbocycles. The monoisotopic (exact) mass is 194 g/mol. The summed E-state index contributed by atoms with van der Waals surface area (Å²) in [5.41, 5.74) is 0. The second-order valence-electron chi connectivity index (χ2n) is 2.72. The van der Waals surface area contributed by atoms with Gasteiger partial charge in [-0.05, 0) is 6.92 Å². The largest absolute Gasteiger partial charge is 0.390 e. The van der Waals surface area contributed by atoms with E-state index in [0.29, 0.717) is 0 Å². The van der Waals surface area contributed by atoms with Crippen molar-refractivity contribution in [2.75, 3.05) is 7.11 Å². The van der Waals surface area contributed by atoms with Gasteiger partial charge in [-0.1, -0.05) is 0 Å². The molecule has 0 aliphatic carbocycles. The Balaban J connectivity index is 4.70. The summed E-state index contributed by atoms with van der Waals surface area (Å²) in [6.07, 6.45) is -5.01. The number of hydrogen-bond acceptors (Lipinski definition) is 6. The lowest BCUT2D eigenvalue weighted by molar-refractivity contribution is -0.293. The van der Waals surface area contributed by atoms with Gasteiger partial charge in [-0.15, -0.1) is 0 Å². The molecule has 6 nitrogen and oxygen atoms in total. The Morgan fingerprint density at radius 1 is 1.38 bits per heavy atom. The van der Waals surface area contributed by atoms with E-state index in [2.05, 4.69) is 4.74 Å². The molecule has 4 atom stereocenters. The van der Waals surface area contributed by atoms with Crippen LogP contribution in [0, 0.1) is 0 Å². The number of carbonyl (C=O) groups is 1. The molecule has 4 N–H and O–H groups in total. The van der Waals surface area contributed by atoms with Crippen LogP contribution in [0.25, 0.3) is 0 Å². The average Bonchev–Trinajstić information content (AvgIpc) is 2.13. The van der Waals surface area contributed by atoms with Crippen LogP contribution in [0.15, 0.2) is 0 Å². The van der Waals surface area contributed by atoms with Crippen LogP contribution in [-0.2, 0) is 9.53 Å². The zero-order chi connectivity index (χ0) is 10.6. The van der Waals surface area contributed by atoms with Crippen LogP contribution in [0.1, 0.15) is 6.92 Å². The maximum absolute atomic E-state index is 10.2. The number of aliphatic hydroxyl groups excluding tert-OH is 3. The second kappa shape index (κ2) is 4.64. The maximum atomic E-state index is 10.2. The predicted octanol–water partition coefficient (Wildman–Crippen LogP) is -2.38. The molecular formula is C7H14O6. The number of methoxy groups -OCH3 is 1. The summed E-state index contributed by atoms with van der Waals surface area (Å²) in [4.78, 5) is 10.2. The van der Waals surface area contributed by atoms with Crippen molar-refractivity contribution in [3.05, 3.63) is 0 Å². The van der Waals surface area contributed by atoms with Gasteiger partial charge in [0.1, 0.15) is 6.10 Å². The van der Waals surface area contributed by atoms with E-state index in [4.69, 9.17) is 10.2 Å². The fraction of sp³-hybridized carbons (Fsp3) is 0.857. The number of ether oxygens (including phenoxy) is 1. The Bertz CT molecular complexity index is 170. The van der Waals surface area contributed by atoms with Crippen LogP contribution in [-0.4, -0.2) is 57.9 Å². The lowest BCUT2D eigenvalue weighted by atomic mass is 10.0. The van der Waals surface area contributed by atoms with Crippen LogP contribution < -0.4 is 0 Å². The topological polar surface area (TPSA) is 107 Å². The van der Waals surface area contributed by atoms with Crippen molar-refractivity contribution in [3.63, 3.8) is 0 Å². The lowest BCUT2D eigenvalue weighted by Crippen LogP contribution is -2.58. The normalized spacial score (nSPS) is 22.9. The molecule has 0 unspecified atom stereocenters. The van der Waals surface area contributed by atoms with Crippen LogP contribution in [0.4, 0.5) is 0 Å². The number of carbonyl (C=O) groups excluding carboxylic acids is 1. The summed E-state index contributed by atoms with van der Waals surface area (Å²) in [6.45, 7) is 1.19. The quantitative estimate of drug-likeness (QED) is 0.287. The van der Waals surface area contributed by atoms with Gasteiger partial charge in [-0.2, -0.15) is 0 Å². The van der Waals surface area contributed by atoms with Gasteiger partial charge in [-0.25, -0.2) is 0 Å². The summed E-state index contributed by atoms with van der Waals surface area (Å²) in [6, 6.07) is 0. The third-order valence-electron chi connectivity index (χ3n) is 1.76. The van der Waals surface area contributed by atoms with Gasteiger partial charge in [0.15, 0.2) is 12.4 Å². The molecule has 13 heavy (non-hydrogen) atoms. The Morgan fingerprint density at radius 2 is 1.85 bits per heavy atom. The molecule has 0 saturated heterocycles. The molecule has 0 aromatic rings. The first-order chi connectivity index (χ1) is 5.90. The van der Waals surface area contributed by atoms with Crippen LogP contribution >= 0.6 is 0 Å². The zero-order valence-corrected chi connectivity index (χ0v) is 7.41. The van der Waals surface area contributed by atoms with Crippen LogP contribution in [0.2, 0.25) is 0 Å². The molecule has 0 aromatic heterocycles. The minimum atomic E-state index is -2.48. The molecule has 0 heterocycles. The fourth-order valence-corrected chi connectivity index (χ4v) is 0.860. The molecule has 0 aliphatic rings. The molecule has 0 aliphatic heterocycles. The summed E-state index contributed by atoms with van der Waals surface area (Å²) in [5.74, 6) is -2.48. The average molecular weight is 194 g/mol. The summed E-state index contributed by atoms with van der Waals surface area (Å²) < 4.78 is 4.38. The number of hydrogen-bond donors (Lipinski definition) is 4. The van der Waals surface area contributed by atoms with Gasteiger partial charge in [0.05, 0.1) is 6.10 Å². The Labute approximate surface area is 75.4 Å². The van der Waals surface area contributed by atoms with E-state index in [-0.39, 0.29) is 6.29 Å². The number of aldehydes is 1. The highest BCUT2D eigenvalue weighted by Crippen LogP contribution is 2.18. The fourth-order valence-electron chi connectivity index (χ4n) is 0.860. The van der Waals surface area contributed by atoms with E-state index in [1.165, 1.54) is 6.92 Å². The molecule has 0 amide bonds. The van der Waals surface area contributed by atoms with Crippen molar-refractivity contribution in [3.8, 4) is 0 Å². The second-order valence-corrected chi connectivity index (χ2v) is 2.72. The van der Waals surface area contributed by atoms with E-state index < -0.39 is 24.1 Å². The van der Waals surface area contributed by atoms with E-state index in [0.717, 1.165) is 7.11 Å². The van der Waals surface area contributed by atoms with Crippen molar-refractivity contribution < 1.29 is 30.0 Å². The van der Waals surface area contributed by atoms with Crippen molar-refractivity contribution in [1.82, 2.24) is 0 Å². The molecule has 0 bridgehead atoms. The highest BCUT2D eigenvalue weighted by atomic mass is 16.6. The molecule has 0 fully saturated rings. The van der Waals surface area contributed by atoms with Gasteiger partial charge in [0.2, 0.25) is 5.79 Å². The van der Waals surface area contributed by atoms with Crippen LogP contribution in [0.3, 0.4) is 0 Å². The first-order valence-corrected chi connectivity index (χ1v) is 3.67.